The van der Waals surface area contributed by atoms with Gasteiger partial charge in [0.15, 0.2) is 0 Å². The Hall–Kier alpha value is -1.61. The summed E-state index contributed by atoms with van der Waals surface area (Å²) in [6.45, 7) is 8.66. The molecule has 0 radical (unpaired) electrons. The lowest BCUT2D eigenvalue weighted by atomic mass is 9.96. The zero-order valence-electron chi connectivity index (χ0n) is 12.6. The molecule has 1 N–H and O–H groups in total. The van der Waals surface area contributed by atoms with Gasteiger partial charge < -0.3 is 9.73 Å². The van der Waals surface area contributed by atoms with Crippen molar-refractivity contribution in [2.75, 3.05) is 6.54 Å². The zero-order valence-corrected chi connectivity index (χ0v) is 12.6. The fraction of sp³-hybridized carbons (Fsp3) is 0.412. The molecular weight excluding hydrogens is 253 g/mol. The number of nitrogens with one attached hydrogen (secondary N) is 1. The average molecular weight is 275 g/mol. The van der Waals surface area contributed by atoms with Crippen molar-refractivity contribution in [3.8, 4) is 0 Å². The van der Waals surface area contributed by atoms with Crippen molar-refractivity contribution in [3.63, 3.8) is 0 Å². The van der Waals surface area contributed by atoms with E-state index in [1.807, 2.05) is 45.9 Å². The Morgan fingerprint density at radius 3 is 2.50 bits per heavy atom. The van der Waals surface area contributed by atoms with Crippen LogP contribution in [0.4, 0.5) is 4.39 Å². The van der Waals surface area contributed by atoms with Crippen molar-refractivity contribution in [2.45, 2.75) is 40.2 Å². The number of rotatable bonds is 5. The first-order valence-electron chi connectivity index (χ1n) is 7.15. The third kappa shape index (κ3) is 2.93. The van der Waals surface area contributed by atoms with Gasteiger partial charge in [0.2, 0.25) is 0 Å². The molecule has 0 fully saturated rings. The van der Waals surface area contributed by atoms with Crippen LogP contribution in [0, 0.1) is 19.7 Å². The van der Waals surface area contributed by atoms with Gasteiger partial charge in [0.05, 0.1) is 6.04 Å². The second kappa shape index (κ2) is 6.23. The maximum Gasteiger partial charge on any atom is 0.128 e. The summed E-state index contributed by atoms with van der Waals surface area (Å²) in [5.74, 6) is 1.52. The summed E-state index contributed by atoms with van der Waals surface area (Å²) in [5.41, 5.74) is 2.56. The summed E-state index contributed by atoms with van der Waals surface area (Å²) in [4.78, 5) is 0. The predicted molar refractivity (Wildman–Crippen MR) is 79.5 cm³/mol. The summed E-state index contributed by atoms with van der Waals surface area (Å²) in [5, 5.41) is 3.32. The summed E-state index contributed by atoms with van der Waals surface area (Å²) >= 11 is 0. The Balaban J connectivity index is 2.48. The Kier molecular flexibility index (Phi) is 4.61. The van der Waals surface area contributed by atoms with Crippen LogP contribution in [0.1, 0.15) is 48.1 Å². The van der Waals surface area contributed by atoms with E-state index in [2.05, 4.69) is 5.32 Å². The van der Waals surface area contributed by atoms with Gasteiger partial charge in [-0.2, -0.15) is 0 Å². The molecule has 0 aliphatic carbocycles. The summed E-state index contributed by atoms with van der Waals surface area (Å²) in [7, 11) is 0. The Morgan fingerprint density at radius 1 is 1.20 bits per heavy atom. The van der Waals surface area contributed by atoms with Crippen LogP contribution in [0.15, 0.2) is 28.7 Å². The van der Waals surface area contributed by atoms with Crippen molar-refractivity contribution in [3.05, 3.63) is 58.3 Å². The maximum atomic E-state index is 14.4. The molecule has 2 rings (SSSR count). The Morgan fingerprint density at radius 2 is 1.95 bits per heavy atom. The molecule has 0 aliphatic heterocycles. The highest BCUT2D eigenvalue weighted by molar-refractivity contribution is 5.38. The summed E-state index contributed by atoms with van der Waals surface area (Å²) < 4.78 is 20.2. The number of benzene rings is 1. The van der Waals surface area contributed by atoms with E-state index in [0.29, 0.717) is 5.56 Å². The van der Waals surface area contributed by atoms with Crippen LogP contribution in [0.2, 0.25) is 0 Å². The molecule has 20 heavy (non-hydrogen) atoms. The molecule has 1 heterocycles. The minimum absolute atomic E-state index is 0.178. The van der Waals surface area contributed by atoms with E-state index in [4.69, 9.17) is 4.42 Å². The van der Waals surface area contributed by atoms with E-state index < -0.39 is 0 Å². The van der Waals surface area contributed by atoms with Crippen LogP contribution in [0.25, 0.3) is 0 Å². The summed E-state index contributed by atoms with van der Waals surface area (Å²) in [6.07, 6.45) is 0.841. The van der Waals surface area contributed by atoms with E-state index in [-0.39, 0.29) is 11.9 Å². The van der Waals surface area contributed by atoms with Gasteiger partial charge in [-0.25, -0.2) is 4.39 Å². The molecule has 0 saturated carbocycles. The van der Waals surface area contributed by atoms with Gasteiger partial charge in [-0.05, 0) is 49.7 Å². The second-order valence-corrected chi connectivity index (χ2v) is 5.13. The average Bonchev–Trinajstić information content (AvgIpc) is 2.85. The van der Waals surface area contributed by atoms with Crippen molar-refractivity contribution >= 4 is 0 Å². The number of hydrogen-bond donors (Lipinski definition) is 1. The van der Waals surface area contributed by atoms with Gasteiger partial charge in [0, 0.05) is 12.0 Å². The van der Waals surface area contributed by atoms with Crippen LogP contribution in [0.3, 0.4) is 0 Å². The molecule has 1 aromatic carbocycles. The smallest absolute Gasteiger partial charge is 0.128 e. The van der Waals surface area contributed by atoms with Crippen LogP contribution in [-0.4, -0.2) is 6.54 Å². The molecule has 108 valence electrons. The molecule has 3 heteroatoms. The van der Waals surface area contributed by atoms with Gasteiger partial charge in [-0.15, -0.1) is 0 Å². The molecular formula is C17H22FNO. The first-order valence-corrected chi connectivity index (χ1v) is 7.15. The van der Waals surface area contributed by atoms with Crippen LogP contribution in [0.5, 0.6) is 0 Å². The minimum atomic E-state index is -0.235. The van der Waals surface area contributed by atoms with Crippen molar-refractivity contribution in [1.29, 1.82) is 0 Å². The number of halogens is 1. The number of hydrogen-bond acceptors (Lipinski definition) is 2. The Bertz CT molecular complexity index is 565. The normalized spacial score (nSPS) is 12.7. The molecule has 1 unspecified atom stereocenters. The lowest BCUT2D eigenvalue weighted by Gasteiger charge is -2.19. The molecule has 2 aromatic rings. The van der Waals surface area contributed by atoms with Gasteiger partial charge in [-0.3, -0.25) is 0 Å². The van der Waals surface area contributed by atoms with Crippen molar-refractivity contribution in [2.24, 2.45) is 0 Å². The zero-order chi connectivity index (χ0) is 14.7. The lowest BCUT2D eigenvalue weighted by Crippen LogP contribution is -2.23. The first-order chi connectivity index (χ1) is 9.56. The molecule has 0 amide bonds. The quantitative estimate of drug-likeness (QED) is 0.880. The molecule has 0 spiro atoms. The van der Waals surface area contributed by atoms with E-state index in [1.54, 1.807) is 6.07 Å². The Labute approximate surface area is 120 Å². The largest absolute Gasteiger partial charge is 0.464 e. The van der Waals surface area contributed by atoms with Crippen LogP contribution in [-0.2, 0) is 6.42 Å². The van der Waals surface area contributed by atoms with Crippen LogP contribution >= 0.6 is 0 Å². The van der Waals surface area contributed by atoms with Gasteiger partial charge >= 0.3 is 0 Å². The highest BCUT2D eigenvalue weighted by Gasteiger charge is 2.22. The highest BCUT2D eigenvalue weighted by Crippen LogP contribution is 2.29. The van der Waals surface area contributed by atoms with E-state index >= 15 is 0 Å². The summed E-state index contributed by atoms with van der Waals surface area (Å²) in [6, 6.07) is 7.25. The highest BCUT2D eigenvalue weighted by atomic mass is 19.1. The predicted octanol–water partition coefficient (Wildman–Crippen LogP) is 4.30. The molecule has 0 saturated heterocycles. The third-order valence-corrected chi connectivity index (χ3v) is 3.49. The molecule has 1 aromatic heterocycles. The van der Waals surface area contributed by atoms with Crippen molar-refractivity contribution in [1.82, 2.24) is 5.32 Å². The topological polar surface area (TPSA) is 25.2 Å². The molecule has 0 bridgehead atoms. The van der Waals surface area contributed by atoms with E-state index in [9.17, 15) is 4.39 Å². The molecule has 2 nitrogen and oxygen atoms in total. The number of aryl methyl sites for hydroxylation is 3. The van der Waals surface area contributed by atoms with E-state index in [0.717, 1.165) is 35.6 Å². The van der Waals surface area contributed by atoms with Crippen LogP contribution < -0.4 is 5.32 Å². The minimum Gasteiger partial charge on any atom is -0.464 e. The lowest BCUT2D eigenvalue weighted by molar-refractivity contribution is 0.417. The van der Waals surface area contributed by atoms with E-state index in [1.165, 1.54) is 0 Å². The third-order valence-electron chi connectivity index (χ3n) is 3.49. The maximum absolute atomic E-state index is 14.4. The van der Waals surface area contributed by atoms with Gasteiger partial charge in [-0.1, -0.05) is 19.9 Å². The second-order valence-electron chi connectivity index (χ2n) is 5.13. The van der Waals surface area contributed by atoms with Gasteiger partial charge in [0.25, 0.3) is 0 Å². The first kappa shape index (κ1) is 14.8. The standard InChI is InChI=1S/C17H22FNO/c1-5-13-7-8-15(20-13)17(19-6-2)16-12(4)9-11(3)10-14(16)18/h7-10,17,19H,5-6H2,1-4H3. The number of furan rings is 1. The SMILES string of the molecule is CCNC(c1ccc(CC)o1)c1c(C)cc(C)cc1F. The van der Waals surface area contributed by atoms with Crippen molar-refractivity contribution < 1.29 is 8.81 Å². The van der Waals surface area contributed by atoms with Gasteiger partial charge in [0.1, 0.15) is 17.3 Å². The fourth-order valence-corrected chi connectivity index (χ4v) is 2.58. The fourth-order valence-electron chi connectivity index (χ4n) is 2.58. The monoisotopic (exact) mass is 275 g/mol. The molecule has 1 atom stereocenters. The molecule has 0 aliphatic rings.